The first-order valence-corrected chi connectivity index (χ1v) is 6.73. The summed E-state index contributed by atoms with van der Waals surface area (Å²) in [5.41, 5.74) is 5.76. The second-order valence-electron chi connectivity index (χ2n) is 4.64. The lowest BCUT2D eigenvalue weighted by Gasteiger charge is -2.27. The van der Waals surface area contributed by atoms with Gasteiger partial charge in [-0.15, -0.1) is 0 Å². The van der Waals surface area contributed by atoms with Crippen molar-refractivity contribution >= 4 is 11.4 Å². The van der Waals surface area contributed by atoms with Crippen LogP contribution in [0, 0.1) is 0 Å². The maximum atomic E-state index is 13.2. The van der Waals surface area contributed by atoms with Gasteiger partial charge in [-0.25, -0.2) is 0 Å². The summed E-state index contributed by atoms with van der Waals surface area (Å²) in [5, 5.41) is 0. The van der Waals surface area contributed by atoms with Crippen molar-refractivity contribution in [3.63, 3.8) is 0 Å². The molecule has 0 heterocycles. The molecule has 112 valence electrons. The fourth-order valence-electron chi connectivity index (χ4n) is 2.19. The van der Waals surface area contributed by atoms with Gasteiger partial charge in [0.05, 0.1) is 11.3 Å². The number of alkyl halides is 3. The maximum Gasteiger partial charge on any atom is 0.418 e. The molecule has 0 fully saturated rings. The molecule has 0 atom stereocenters. The average Bonchev–Trinajstić information content (AvgIpc) is 2.48. The van der Waals surface area contributed by atoms with Gasteiger partial charge in [0.1, 0.15) is 0 Å². The minimum Gasteiger partial charge on any atom is -0.341 e. The van der Waals surface area contributed by atoms with E-state index in [0.717, 1.165) is 11.8 Å². The van der Waals surface area contributed by atoms with E-state index < -0.39 is 11.7 Å². The lowest BCUT2D eigenvalue weighted by molar-refractivity contribution is -0.137. The van der Waals surface area contributed by atoms with Crippen LogP contribution in [-0.4, -0.2) is 13.1 Å². The topological polar surface area (TPSA) is 29.3 Å². The first-order valence-electron chi connectivity index (χ1n) is 6.73. The molecule has 2 aromatic rings. The highest BCUT2D eigenvalue weighted by Gasteiger charge is 2.34. The van der Waals surface area contributed by atoms with Gasteiger partial charge >= 0.3 is 6.18 Å². The quantitative estimate of drug-likeness (QED) is 0.895. The molecule has 0 aliphatic heterocycles. The molecule has 0 saturated carbocycles. The standard InChI is InChI=1S/C16H17F3N2/c17-16(18,19)14-9-4-5-10-15(14)21(12-6-11-20)13-7-2-1-3-8-13/h1-5,7-10H,6,11-12,20H2. The Labute approximate surface area is 122 Å². The largest absolute Gasteiger partial charge is 0.418 e. The highest BCUT2D eigenvalue weighted by molar-refractivity contribution is 5.67. The number of nitrogens with two attached hydrogens (primary N) is 1. The third kappa shape index (κ3) is 3.76. The second-order valence-corrected chi connectivity index (χ2v) is 4.64. The van der Waals surface area contributed by atoms with E-state index in [9.17, 15) is 13.2 Å². The van der Waals surface area contributed by atoms with E-state index in [1.165, 1.54) is 12.1 Å². The third-order valence-electron chi connectivity index (χ3n) is 3.15. The smallest absolute Gasteiger partial charge is 0.341 e. The summed E-state index contributed by atoms with van der Waals surface area (Å²) in [5.74, 6) is 0. The molecule has 2 aromatic carbocycles. The minimum absolute atomic E-state index is 0.157. The Balaban J connectivity index is 2.47. The van der Waals surface area contributed by atoms with Crippen molar-refractivity contribution in [3.05, 3.63) is 60.2 Å². The summed E-state index contributed by atoms with van der Waals surface area (Å²) in [6.07, 6.45) is -3.77. The summed E-state index contributed by atoms with van der Waals surface area (Å²) >= 11 is 0. The second kappa shape index (κ2) is 6.63. The van der Waals surface area contributed by atoms with E-state index in [0.29, 0.717) is 19.5 Å². The van der Waals surface area contributed by atoms with Crippen molar-refractivity contribution in [2.45, 2.75) is 12.6 Å². The molecule has 0 saturated heterocycles. The number of hydrogen-bond donors (Lipinski definition) is 1. The summed E-state index contributed by atoms with van der Waals surface area (Å²) < 4.78 is 39.6. The Morgan fingerprint density at radius 1 is 0.905 bits per heavy atom. The van der Waals surface area contributed by atoms with Gasteiger partial charge in [-0.3, -0.25) is 0 Å². The van der Waals surface area contributed by atoms with Gasteiger partial charge in [0.15, 0.2) is 0 Å². The van der Waals surface area contributed by atoms with Gasteiger partial charge in [0.2, 0.25) is 0 Å². The molecule has 0 unspecified atom stereocenters. The van der Waals surface area contributed by atoms with Crippen molar-refractivity contribution in [1.29, 1.82) is 0 Å². The van der Waals surface area contributed by atoms with Crippen LogP contribution in [0.2, 0.25) is 0 Å². The van der Waals surface area contributed by atoms with Crippen molar-refractivity contribution in [3.8, 4) is 0 Å². The SMILES string of the molecule is NCCCN(c1ccccc1)c1ccccc1C(F)(F)F. The Hall–Kier alpha value is -2.01. The highest BCUT2D eigenvalue weighted by atomic mass is 19.4. The Bertz CT molecular complexity index is 567. The van der Waals surface area contributed by atoms with Crippen LogP contribution in [0.1, 0.15) is 12.0 Å². The third-order valence-corrected chi connectivity index (χ3v) is 3.15. The Kier molecular flexibility index (Phi) is 4.85. The number of nitrogens with zero attached hydrogens (tertiary/aromatic N) is 1. The predicted octanol–water partition coefficient (Wildman–Crippen LogP) is 4.19. The maximum absolute atomic E-state index is 13.2. The van der Waals surface area contributed by atoms with Crippen molar-refractivity contribution < 1.29 is 13.2 Å². The van der Waals surface area contributed by atoms with Gasteiger partial charge in [-0.2, -0.15) is 13.2 Å². The molecule has 21 heavy (non-hydrogen) atoms. The van der Waals surface area contributed by atoms with Crippen LogP contribution in [0.4, 0.5) is 24.5 Å². The number of hydrogen-bond acceptors (Lipinski definition) is 2. The van der Waals surface area contributed by atoms with Crippen LogP contribution in [-0.2, 0) is 6.18 Å². The average molecular weight is 294 g/mol. The molecule has 5 heteroatoms. The zero-order chi connectivity index (χ0) is 15.3. The molecule has 0 aromatic heterocycles. The molecular formula is C16H17F3N2. The summed E-state index contributed by atoms with van der Waals surface area (Å²) in [4.78, 5) is 1.66. The molecule has 0 spiro atoms. The Morgan fingerprint density at radius 2 is 1.52 bits per heavy atom. The highest BCUT2D eigenvalue weighted by Crippen LogP contribution is 2.38. The van der Waals surface area contributed by atoms with Crippen molar-refractivity contribution in [1.82, 2.24) is 0 Å². The summed E-state index contributed by atoms with van der Waals surface area (Å²) in [6, 6.07) is 14.6. The van der Waals surface area contributed by atoms with Crippen molar-refractivity contribution in [2.75, 3.05) is 18.0 Å². The molecule has 0 radical (unpaired) electrons. The normalized spacial score (nSPS) is 11.4. The van der Waals surface area contributed by atoms with E-state index in [2.05, 4.69) is 0 Å². The molecule has 0 aliphatic rings. The van der Waals surface area contributed by atoms with E-state index in [4.69, 9.17) is 5.73 Å². The zero-order valence-electron chi connectivity index (χ0n) is 11.5. The van der Waals surface area contributed by atoms with Crippen molar-refractivity contribution in [2.24, 2.45) is 5.73 Å². The fraction of sp³-hybridized carbons (Fsp3) is 0.250. The van der Waals surface area contributed by atoms with Crippen LogP contribution in [0.25, 0.3) is 0 Å². The number of anilines is 2. The van der Waals surface area contributed by atoms with Gasteiger partial charge in [-0.05, 0) is 37.2 Å². The van der Waals surface area contributed by atoms with E-state index in [-0.39, 0.29) is 5.69 Å². The van der Waals surface area contributed by atoms with Crippen LogP contribution >= 0.6 is 0 Å². The molecule has 0 bridgehead atoms. The molecule has 2 N–H and O–H groups in total. The van der Waals surface area contributed by atoms with Gasteiger partial charge in [0.25, 0.3) is 0 Å². The predicted molar refractivity (Wildman–Crippen MR) is 78.6 cm³/mol. The zero-order valence-corrected chi connectivity index (χ0v) is 11.5. The lowest BCUT2D eigenvalue weighted by Crippen LogP contribution is -2.23. The van der Waals surface area contributed by atoms with Gasteiger partial charge < -0.3 is 10.6 Å². The number of rotatable bonds is 5. The molecule has 2 nitrogen and oxygen atoms in total. The van der Waals surface area contributed by atoms with Crippen LogP contribution in [0.3, 0.4) is 0 Å². The Morgan fingerprint density at radius 3 is 2.14 bits per heavy atom. The first-order chi connectivity index (χ1) is 10.0. The van der Waals surface area contributed by atoms with Crippen LogP contribution in [0.15, 0.2) is 54.6 Å². The molecule has 0 aliphatic carbocycles. The number of halogens is 3. The molecule has 2 rings (SSSR count). The van der Waals surface area contributed by atoms with Gasteiger partial charge in [-0.1, -0.05) is 30.3 Å². The summed E-state index contributed by atoms with van der Waals surface area (Å²) in [7, 11) is 0. The van der Waals surface area contributed by atoms with E-state index >= 15 is 0 Å². The van der Waals surface area contributed by atoms with Crippen LogP contribution in [0.5, 0.6) is 0 Å². The lowest BCUT2D eigenvalue weighted by atomic mass is 10.1. The fourth-order valence-corrected chi connectivity index (χ4v) is 2.19. The monoisotopic (exact) mass is 294 g/mol. The molecule has 0 amide bonds. The van der Waals surface area contributed by atoms with Crippen LogP contribution < -0.4 is 10.6 Å². The first kappa shape index (κ1) is 15.4. The van der Waals surface area contributed by atoms with E-state index in [1.807, 2.05) is 6.07 Å². The number of benzene rings is 2. The van der Waals surface area contributed by atoms with Gasteiger partial charge in [0, 0.05) is 12.2 Å². The summed E-state index contributed by atoms with van der Waals surface area (Å²) in [6.45, 7) is 0.866. The minimum atomic E-state index is -4.38. The molecular weight excluding hydrogens is 277 g/mol. The van der Waals surface area contributed by atoms with E-state index in [1.54, 1.807) is 35.2 Å². The number of para-hydroxylation sites is 2.